The molecule has 0 aromatic heterocycles. The van der Waals surface area contributed by atoms with E-state index >= 15 is 0 Å². The molecule has 0 bridgehead atoms. The number of rotatable bonds is 4. The van der Waals surface area contributed by atoms with E-state index in [1.807, 2.05) is 19.9 Å². The van der Waals surface area contributed by atoms with Gasteiger partial charge < -0.3 is 0 Å². The second kappa shape index (κ2) is 5.70. The van der Waals surface area contributed by atoms with E-state index < -0.39 is 0 Å². The molecule has 0 fully saturated rings. The molecule has 1 unspecified atom stereocenters. The van der Waals surface area contributed by atoms with Crippen LogP contribution in [0, 0.1) is 11.8 Å². The number of hydrogen-bond acceptors (Lipinski definition) is 1. The first-order chi connectivity index (χ1) is 7.43. The van der Waals surface area contributed by atoms with Gasteiger partial charge in [-0.25, -0.2) is 0 Å². The fraction of sp³-hybridized carbons (Fsp3) is 0.462. The summed E-state index contributed by atoms with van der Waals surface area (Å²) in [6.45, 7) is 5.70. The summed E-state index contributed by atoms with van der Waals surface area (Å²) in [5.74, 6) is 0.466. The molecular weight excluding hydrogens is 243 g/mol. The van der Waals surface area contributed by atoms with Gasteiger partial charge in [0.25, 0.3) is 0 Å². The van der Waals surface area contributed by atoms with Crippen LogP contribution in [0.15, 0.2) is 18.2 Å². The standard InChI is InChI=1S/C13H16Cl2O/c1-8(2)10(9(3)16)7-11-12(14)5-4-6-13(11)15/h4-6,8,10H,7H2,1-3H3. The lowest BCUT2D eigenvalue weighted by molar-refractivity contribution is -0.121. The van der Waals surface area contributed by atoms with Crippen LogP contribution in [0.25, 0.3) is 0 Å². The summed E-state index contributed by atoms with van der Waals surface area (Å²) in [7, 11) is 0. The molecule has 88 valence electrons. The van der Waals surface area contributed by atoms with Gasteiger partial charge in [0, 0.05) is 16.0 Å². The molecule has 1 aromatic carbocycles. The van der Waals surface area contributed by atoms with Gasteiger partial charge in [-0.2, -0.15) is 0 Å². The Balaban J connectivity index is 2.98. The zero-order valence-corrected chi connectivity index (χ0v) is 11.3. The topological polar surface area (TPSA) is 17.1 Å². The number of benzene rings is 1. The van der Waals surface area contributed by atoms with Crippen molar-refractivity contribution in [3.05, 3.63) is 33.8 Å². The van der Waals surface area contributed by atoms with Gasteiger partial charge in [-0.15, -0.1) is 0 Å². The predicted molar refractivity (Wildman–Crippen MR) is 69.2 cm³/mol. The second-order valence-corrected chi connectivity index (χ2v) is 5.18. The smallest absolute Gasteiger partial charge is 0.133 e. The molecule has 0 heterocycles. The molecule has 0 amide bonds. The maximum absolute atomic E-state index is 11.5. The molecule has 1 rings (SSSR count). The lowest BCUT2D eigenvalue weighted by Crippen LogP contribution is -2.20. The van der Waals surface area contributed by atoms with Crippen molar-refractivity contribution >= 4 is 29.0 Å². The minimum Gasteiger partial charge on any atom is -0.300 e. The van der Waals surface area contributed by atoms with Crippen LogP contribution in [-0.4, -0.2) is 5.78 Å². The number of halogens is 2. The number of Topliss-reactive ketones (excluding diaryl/α,β-unsaturated/α-hetero) is 1. The van der Waals surface area contributed by atoms with Crippen LogP contribution in [-0.2, 0) is 11.2 Å². The molecule has 1 atom stereocenters. The maximum atomic E-state index is 11.5. The zero-order valence-electron chi connectivity index (χ0n) is 9.76. The van der Waals surface area contributed by atoms with Gasteiger partial charge in [0.1, 0.15) is 5.78 Å². The first kappa shape index (κ1) is 13.5. The molecule has 0 radical (unpaired) electrons. The molecule has 0 aliphatic heterocycles. The van der Waals surface area contributed by atoms with Crippen LogP contribution < -0.4 is 0 Å². The normalized spacial score (nSPS) is 12.9. The summed E-state index contributed by atoms with van der Waals surface area (Å²) in [5.41, 5.74) is 0.875. The molecular formula is C13H16Cl2O. The lowest BCUT2D eigenvalue weighted by atomic mass is 9.86. The van der Waals surface area contributed by atoms with Crippen LogP contribution in [0.2, 0.25) is 10.0 Å². The molecule has 3 heteroatoms. The van der Waals surface area contributed by atoms with Gasteiger partial charge in [0.2, 0.25) is 0 Å². The van der Waals surface area contributed by atoms with E-state index in [4.69, 9.17) is 23.2 Å². The Morgan fingerprint density at radius 2 is 1.75 bits per heavy atom. The van der Waals surface area contributed by atoms with Gasteiger partial charge in [-0.1, -0.05) is 43.1 Å². The molecule has 0 saturated carbocycles. The van der Waals surface area contributed by atoms with Crippen LogP contribution in [0.5, 0.6) is 0 Å². The average Bonchev–Trinajstić information content (AvgIpc) is 2.15. The van der Waals surface area contributed by atoms with Gasteiger partial charge >= 0.3 is 0 Å². The van der Waals surface area contributed by atoms with E-state index in [-0.39, 0.29) is 11.7 Å². The fourth-order valence-corrected chi connectivity index (χ4v) is 2.35. The predicted octanol–water partition coefficient (Wildman–Crippen LogP) is 4.40. The Hall–Kier alpha value is -0.530. The molecule has 0 N–H and O–H groups in total. The quantitative estimate of drug-likeness (QED) is 0.783. The van der Waals surface area contributed by atoms with Crippen molar-refractivity contribution in [1.29, 1.82) is 0 Å². The van der Waals surface area contributed by atoms with Crippen LogP contribution in [0.1, 0.15) is 26.3 Å². The monoisotopic (exact) mass is 258 g/mol. The number of hydrogen-bond donors (Lipinski definition) is 0. The highest BCUT2D eigenvalue weighted by Crippen LogP contribution is 2.29. The van der Waals surface area contributed by atoms with Crippen molar-refractivity contribution in [2.45, 2.75) is 27.2 Å². The minimum absolute atomic E-state index is 0.0163. The molecule has 0 aliphatic carbocycles. The number of carbonyl (C=O) groups excluding carboxylic acids is 1. The van der Waals surface area contributed by atoms with Gasteiger partial charge in [-0.05, 0) is 37.0 Å². The van der Waals surface area contributed by atoms with E-state index in [9.17, 15) is 4.79 Å². The molecule has 1 nitrogen and oxygen atoms in total. The highest BCUT2D eigenvalue weighted by molar-refractivity contribution is 6.36. The molecule has 0 saturated heterocycles. The van der Waals surface area contributed by atoms with Crippen molar-refractivity contribution < 1.29 is 4.79 Å². The molecule has 0 aliphatic rings. The van der Waals surface area contributed by atoms with Crippen molar-refractivity contribution in [2.75, 3.05) is 0 Å². The van der Waals surface area contributed by atoms with Gasteiger partial charge in [0.05, 0.1) is 0 Å². The van der Waals surface area contributed by atoms with Crippen LogP contribution in [0.3, 0.4) is 0 Å². The summed E-state index contributed by atoms with van der Waals surface area (Å²) in [5, 5.41) is 1.28. The van der Waals surface area contributed by atoms with E-state index in [0.717, 1.165) is 5.56 Å². The zero-order chi connectivity index (χ0) is 12.3. The summed E-state index contributed by atoms with van der Waals surface area (Å²) in [6, 6.07) is 5.42. The van der Waals surface area contributed by atoms with Crippen molar-refractivity contribution in [1.82, 2.24) is 0 Å². The van der Waals surface area contributed by atoms with E-state index in [1.54, 1.807) is 19.1 Å². The first-order valence-corrected chi connectivity index (χ1v) is 6.12. The summed E-state index contributed by atoms with van der Waals surface area (Å²) in [6.07, 6.45) is 0.617. The van der Waals surface area contributed by atoms with E-state index in [2.05, 4.69) is 0 Å². The van der Waals surface area contributed by atoms with Crippen molar-refractivity contribution in [3.63, 3.8) is 0 Å². The Morgan fingerprint density at radius 1 is 1.25 bits per heavy atom. The molecule has 16 heavy (non-hydrogen) atoms. The van der Waals surface area contributed by atoms with Crippen LogP contribution in [0.4, 0.5) is 0 Å². The SMILES string of the molecule is CC(=O)C(Cc1c(Cl)cccc1Cl)C(C)C. The van der Waals surface area contributed by atoms with Gasteiger partial charge in [-0.3, -0.25) is 4.79 Å². The third-order valence-corrected chi connectivity index (χ3v) is 3.52. The summed E-state index contributed by atoms with van der Waals surface area (Å²) >= 11 is 12.2. The van der Waals surface area contributed by atoms with Crippen molar-refractivity contribution in [3.8, 4) is 0 Å². The number of carbonyl (C=O) groups is 1. The Morgan fingerprint density at radius 3 is 2.12 bits per heavy atom. The molecule has 1 aromatic rings. The highest BCUT2D eigenvalue weighted by Gasteiger charge is 2.21. The Labute approximate surface area is 107 Å². The second-order valence-electron chi connectivity index (χ2n) is 4.37. The third kappa shape index (κ3) is 3.23. The fourth-order valence-electron chi connectivity index (χ4n) is 1.80. The van der Waals surface area contributed by atoms with Crippen molar-refractivity contribution in [2.24, 2.45) is 11.8 Å². The third-order valence-electron chi connectivity index (χ3n) is 2.81. The minimum atomic E-state index is -0.0163. The number of ketones is 1. The Bertz CT molecular complexity index is 365. The largest absolute Gasteiger partial charge is 0.300 e. The highest BCUT2D eigenvalue weighted by atomic mass is 35.5. The van der Waals surface area contributed by atoms with E-state index in [1.165, 1.54) is 0 Å². The van der Waals surface area contributed by atoms with Crippen LogP contribution >= 0.6 is 23.2 Å². The summed E-state index contributed by atoms with van der Waals surface area (Å²) < 4.78 is 0. The Kier molecular flexibility index (Phi) is 4.82. The van der Waals surface area contributed by atoms with Gasteiger partial charge in [0.15, 0.2) is 0 Å². The lowest BCUT2D eigenvalue weighted by Gasteiger charge is -2.19. The molecule has 0 spiro atoms. The summed E-state index contributed by atoms with van der Waals surface area (Å²) in [4.78, 5) is 11.5. The maximum Gasteiger partial charge on any atom is 0.133 e. The first-order valence-electron chi connectivity index (χ1n) is 5.36. The van der Waals surface area contributed by atoms with E-state index in [0.29, 0.717) is 22.4 Å². The average molecular weight is 259 g/mol.